The molecule has 1 heterocycles. The van der Waals surface area contributed by atoms with Crippen molar-refractivity contribution in [2.24, 2.45) is 0 Å². The highest BCUT2D eigenvalue weighted by molar-refractivity contribution is 9.10. The fourth-order valence-electron chi connectivity index (χ4n) is 2.09. The Morgan fingerprint density at radius 2 is 1.81 bits per heavy atom. The summed E-state index contributed by atoms with van der Waals surface area (Å²) in [5.41, 5.74) is 3.10. The fraction of sp³-hybridized carbons (Fsp3) is 0.0625. The third-order valence-corrected chi connectivity index (χ3v) is 5.50. The molecule has 1 aromatic heterocycles. The zero-order valence-electron chi connectivity index (χ0n) is 10.9. The smallest absolute Gasteiger partial charge is 0.0690 e. The molecular formula is C16H11Br2ClN2. The Hall–Kier alpha value is -1.10. The van der Waals surface area contributed by atoms with Gasteiger partial charge in [-0.1, -0.05) is 57.9 Å². The summed E-state index contributed by atoms with van der Waals surface area (Å²) in [6, 6.07) is 15.9. The third kappa shape index (κ3) is 3.07. The van der Waals surface area contributed by atoms with Gasteiger partial charge in [-0.3, -0.25) is 0 Å². The lowest BCUT2D eigenvalue weighted by molar-refractivity contribution is 0.880. The quantitative estimate of drug-likeness (QED) is 0.486. The summed E-state index contributed by atoms with van der Waals surface area (Å²) in [5, 5.41) is 5.13. The summed E-state index contributed by atoms with van der Waals surface area (Å²) >= 11 is 13.5. The van der Waals surface area contributed by atoms with Crippen LogP contribution in [0, 0.1) is 0 Å². The lowest BCUT2D eigenvalue weighted by Crippen LogP contribution is -1.94. The van der Waals surface area contributed by atoms with Crippen LogP contribution in [0.25, 0.3) is 5.69 Å². The van der Waals surface area contributed by atoms with Crippen molar-refractivity contribution in [2.45, 2.75) is 4.83 Å². The second-order valence-electron chi connectivity index (χ2n) is 4.56. The Labute approximate surface area is 145 Å². The first-order valence-corrected chi connectivity index (χ1v) is 8.43. The number of rotatable bonds is 3. The minimum Gasteiger partial charge on any atom is -0.241 e. The summed E-state index contributed by atoms with van der Waals surface area (Å²) in [4.78, 5) is -0.0000350. The molecule has 0 amide bonds. The summed E-state index contributed by atoms with van der Waals surface area (Å²) in [5.74, 6) is 0. The summed E-state index contributed by atoms with van der Waals surface area (Å²) in [6.07, 6.45) is 3.86. The van der Waals surface area contributed by atoms with E-state index in [1.54, 1.807) is 0 Å². The molecule has 0 aliphatic heterocycles. The van der Waals surface area contributed by atoms with Gasteiger partial charge < -0.3 is 0 Å². The zero-order chi connectivity index (χ0) is 14.8. The van der Waals surface area contributed by atoms with E-state index in [1.807, 2.05) is 65.6 Å². The monoisotopic (exact) mass is 424 g/mol. The fourth-order valence-corrected chi connectivity index (χ4v) is 3.45. The van der Waals surface area contributed by atoms with E-state index in [-0.39, 0.29) is 4.83 Å². The predicted octanol–water partition coefficient (Wildman–Crippen LogP) is 5.77. The second-order valence-corrected chi connectivity index (χ2v) is 6.71. The highest BCUT2D eigenvalue weighted by Crippen LogP contribution is 2.38. The van der Waals surface area contributed by atoms with Gasteiger partial charge in [0.05, 0.1) is 21.7 Å². The van der Waals surface area contributed by atoms with Gasteiger partial charge in [0.25, 0.3) is 0 Å². The molecule has 0 radical (unpaired) electrons. The molecule has 0 spiro atoms. The number of hydrogen-bond acceptors (Lipinski definition) is 1. The van der Waals surface area contributed by atoms with Gasteiger partial charge in [0, 0.05) is 16.2 Å². The van der Waals surface area contributed by atoms with Gasteiger partial charge in [0.2, 0.25) is 0 Å². The van der Waals surface area contributed by atoms with Gasteiger partial charge in [0.15, 0.2) is 0 Å². The lowest BCUT2D eigenvalue weighted by atomic mass is 10.1. The Bertz CT molecular complexity index is 756. The van der Waals surface area contributed by atoms with E-state index in [0.29, 0.717) is 5.02 Å². The molecule has 2 nitrogen and oxygen atoms in total. The van der Waals surface area contributed by atoms with Crippen molar-refractivity contribution >= 4 is 43.5 Å². The van der Waals surface area contributed by atoms with E-state index < -0.39 is 0 Å². The van der Waals surface area contributed by atoms with Crippen molar-refractivity contribution < 1.29 is 0 Å². The molecule has 3 aromatic rings. The first-order chi connectivity index (χ1) is 10.2. The van der Waals surface area contributed by atoms with Crippen LogP contribution in [-0.4, -0.2) is 9.78 Å². The van der Waals surface area contributed by atoms with Crippen molar-refractivity contribution in [2.75, 3.05) is 0 Å². The van der Waals surface area contributed by atoms with E-state index >= 15 is 0 Å². The second kappa shape index (κ2) is 6.34. The zero-order valence-corrected chi connectivity index (χ0v) is 14.8. The molecule has 5 heteroatoms. The number of para-hydroxylation sites is 1. The van der Waals surface area contributed by atoms with Crippen molar-refractivity contribution in [3.8, 4) is 5.69 Å². The minimum atomic E-state index is -0.0000350. The number of halogens is 3. The van der Waals surface area contributed by atoms with E-state index in [9.17, 15) is 0 Å². The van der Waals surface area contributed by atoms with Crippen LogP contribution in [-0.2, 0) is 0 Å². The maximum atomic E-state index is 6.36. The molecule has 1 unspecified atom stereocenters. The summed E-state index contributed by atoms with van der Waals surface area (Å²) in [6.45, 7) is 0. The molecular weight excluding hydrogens is 415 g/mol. The average molecular weight is 427 g/mol. The molecule has 3 rings (SSSR count). The van der Waals surface area contributed by atoms with Crippen molar-refractivity contribution in [3.05, 3.63) is 81.5 Å². The molecule has 0 bridgehead atoms. The topological polar surface area (TPSA) is 17.8 Å². The predicted molar refractivity (Wildman–Crippen MR) is 93.5 cm³/mol. The molecule has 0 aliphatic carbocycles. The Balaban J connectivity index is 1.95. The standard InChI is InChI=1S/C16H11Br2ClN2/c17-14-8-4-7-13(16(14)19)15(18)11-9-20-21(10-11)12-5-2-1-3-6-12/h1-10,15H. The third-order valence-electron chi connectivity index (χ3n) is 3.17. The van der Waals surface area contributed by atoms with E-state index in [4.69, 9.17) is 11.6 Å². The highest BCUT2D eigenvalue weighted by atomic mass is 79.9. The Kier molecular flexibility index (Phi) is 4.48. The van der Waals surface area contributed by atoms with Gasteiger partial charge in [-0.25, -0.2) is 4.68 Å². The number of benzene rings is 2. The van der Waals surface area contributed by atoms with Gasteiger partial charge in [0.1, 0.15) is 0 Å². The first-order valence-electron chi connectivity index (χ1n) is 6.35. The molecule has 1 atom stereocenters. The molecule has 0 aliphatic rings. The molecule has 21 heavy (non-hydrogen) atoms. The maximum Gasteiger partial charge on any atom is 0.0690 e. The average Bonchev–Trinajstić information content (AvgIpc) is 3.00. The van der Waals surface area contributed by atoms with Gasteiger partial charge >= 0.3 is 0 Å². The molecule has 0 saturated heterocycles. The number of nitrogens with zero attached hydrogens (tertiary/aromatic N) is 2. The van der Waals surface area contributed by atoms with Crippen molar-refractivity contribution in [3.63, 3.8) is 0 Å². The van der Waals surface area contributed by atoms with Crippen LogP contribution in [0.2, 0.25) is 5.02 Å². The van der Waals surface area contributed by atoms with Gasteiger partial charge in [-0.2, -0.15) is 5.10 Å². The summed E-state index contributed by atoms with van der Waals surface area (Å²) < 4.78 is 2.75. The van der Waals surface area contributed by atoms with E-state index in [0.717, 1.165) is 21.3 Å². The van der Waals surface area contributed by atoms with Crippen LogP contribution < -0.4 is 0 Å². The van der Waals surface area contributed by atoms with Gasteiger partial charge in [-0.15, -0.1) is 0 Å². The molecule has 106 valence electrons. The van der Waals surface area contributed by atoms with Crippen LogP contribution in [0.15, 0.2) is 65.4 Å². The maximum absolute atomic E-state index is 6.36. The van der Waals surface area contributed by atoms with E-state index in [1.165, 1.54) is 0 Å². The minimum absolute atomic E-state index is 0.0000350. The van der Waals surface area contributed by atoms with E-state index in [2.05, 4.69) is 37.0 Å². The van der Waals surface area contributed by atoms with Gasteiger partial charge in [-0.05, 0) is 39.7 Å². The van der Waals surface area contributed by atoms with Crippen molar-refractivity contribution in [1.82, 2.24) is 9.78 Å². The summed E-state index contributed by atoms with van der Waals surface area (Å²) in [7, 11) is 0. The van der Waals surface area contributed by atoms with Crippen molar-refractivity contribution in [1.29, 1.82) is 0 Å². The Morgan fingerprint density at radius 1 is 1.05 bits per heavy atom. The first kappa shape index (κ1) is 14.8. The molecule has 2 aromatic carbocycles. The van der Waals surface area contributed by atoms with Crippen LogP contribution in [0.5, 0.6) is 0 Å². The highest BCUT2D eigenvalue weighted by Gasteiger charge is 2.17. The van der Waals surface area contributed by atoms with Crippen LogP contribution >= 0.6 is 43.5 Å². The SMILES string of the molecule is Clc1c(Br)cccc1C(Br)c1cnn(-c2ccccc2)c1. The van der Waals surface area contributed by atoms with Crippen LogP contribution in [0.3, 0.4) is 0 Å². The molecule has 0 saturated carbocycles. The number of alkyl halides is 1. The number of hydrogen-bond donors (Lipinski definition) is 0. The number of aromatic nitrogens is 2. The molecule has 0 fully saturated rings. The van der Waals surface area contributed by atoms with Crippen LogP contribution in [0.4, 0.5) is 0 Å². The normalized spacial score (nSPS) is 12.3. The lowest BCUT2D eigenvalue weighted by Gasteiger charge is -2.11. The molecule has 0 N–H and O–H groups in total. The Morgan fingerprint density at radius 3 is 2.57 bits per heavy atom. The largest absolute Gasteiger partial charge is 0.241 e. The van der Waals surface area contributed by atoms with Crippen LogP contribution in [0.1, 0.15) is 16.0 Å².